The Hall–Kier alpha value is -1.31. The van der Waals surface area contributed by atoms with Gasteiger partial charge in [0.1, 0.15) is 5.75 Å². The normalized spacial score (nSPS) is 10.4. The van der Waals surface area contributed by atoms with E-state index in [1.807, 2.05) is 0 Å². The Labute approximate surface area is 65.1 Å². The molecule has 2 heteroatoms. The van der Waals surface area contributed by atoms with Crippen LogP contribution in [0.3, 0.4) is 0 Å². The van der Waals surface area contributed by atoms with Gasteiger partial charge in [0.15, 0.2) is 0 Å². The Morgan fingerprint density at radius 3 is 2.36 bits per heavy atom. The Morgan fingerprint density at radius 1 is 1.27 bits per heavy atom. The maximum atomic E-state index is 11.6. The smallest absolute Gasteiger partial charge is 0.118 e. The second kappa shape index (κ2) is 3.76. The number of hydrogen-bond acceptors (Lipinski definition) is 1. The Kier molecular flexibility index (Phi) is 2.66. The second-order valence-corrected chi connectivity index (χ2v) is 2.07. The molecule has 0 saturated heterocycles. The molecule has 1 rings (SSSR count). The first kappa shape index (κ1) is 7.79. The van der Waals surface area contributed by atoms with E-state index in [1.165, 1.54) is 6.08 Å². The summed E-state index contributed by atoms with van der Waals surface area (Å²) in [5.74, 6) is 0.779. The van der Waals surface area contributed by atoms with Crippen molar-refractivity contribution >= 4 is 6.08 Å². The van der Waals surface area contributed by atoms with E-state index in [-0.39, 0.29) is 0 Å². The number of halogens is 1. The van der Waals surface area contributed by atoms with Crippen LogP contribution in [0, 0.1) is 0 Å². The van der Waals surface area contributed by atoms with Crippen LogP contribution in [0.1, 0.15) is 5.56 Å². The zero-order valence-corrected chi connectivity index (χ0v) is 6.25. The number of benzene rings is 1. The molecule has 0 N–H and O–H groups in total. The van der Waals surface area contributed by atoms with Crippen LogP contribution in [-0.2, 0) is 0 Å². The SMILES string of the molecule is COc1ccc(/C=C\F)cc1. The Morgan fingerprint density at radius 2 is 1.91 bits per heavy atom. The molecule has 0 unspecified atom stereocenters. The van der Waals surface area contributed by atoms with Gasteiger partial charge in [-0.2, -0.15) is 0 Å². The summed E-state index contributed by atoms with van der Waals surface area (Å²) >= 11 is 0. The van der Waals surface area contributed by atoms with Crippen molar-refractivity contribution in [1.29, 1.82) is 0 Å². The van der Waals surface area contributed by atoms with Gasteiger partial charge in [0.05, 0.1) is 13.4 Å². The highest BCUT2D eigenvalue weighted by Gasteiger charge is 1.88. The molecule has 11 heavy (non-hydrogen) atoms. The van der Waals surface area contributed by atoms with E-state index in [1.54, 1.807) is 31.4 Å². The molecule has 1 aromatic rings. The molecule has 0 amide bonds. The molecule has 0 aliphatic rings. The highest BCUT2D eigenvalue weighted by atomic mass is 19.1. The molecule has 0 aliphatic carbocycles. The molecule has 0 bridgehead atoms. The summed E-state index contributed by atoms with van der Waals surface area (Å²) in [6.07, 6.45) is 1.90. The van der Waals surface area contributed by atoms with E-state index in [9.17, 15) is 4.39 Å². The van der Waals surface area contributed by atoms with Gasteiger partial charge < -0.3 is 4.74 Å². The second-order valence-electron chi connectivity index (χ2n) is 2.07. The van der Waals surface area contributed by atoms with Gasteiger partial charge in [-0.3, -0.25) is 0 Å². The third-order valence-electron chi connectivity index (χ3n) is 1.37. The first-order chi connectivity index (χ1) is 5.36. The van der Waals surface area contributed by atoms with Crippen molar-refractivity contribution in [1.82, 2.24) is 0 Å². The molecule has 1 aromatic carbocycles. The minimum Gasteiger partial charge on any atom is -0.497 e. The summed E-state index contributed by atoms with van der Waals surface area (Å²) in [5.41, 5.74) is 0.827. The number of hydrogen-bond donors (Lipinski definition) is 0. The molecule has 0 radical (unpaired) electrons. The van der Waals surface area contributed by atoms with Crippen LogP contribution in [-0.4, -0.2) is 7.11 Å². The molecule has 58 valence electrons. The lowest BCUT2D eigenvalue weighted by atomic mass is 10.2. The molecule has 0 spiro atoms. The fourth-order valence-corrected chi connectivity index (χ4v) is 0.788. The van der Waals surface area contributed by atoms with Crippen molar-refractivity contribution in [3.05, 3.63) is 36.2 Å². The third kappa shape index (κ3) is 2.08. The summed E-state index contributed by atoms with van der Waals surface area (Å²) in [5, 5.41) is 0. The van der Waals surface area contributed by atoms with Crippen LogP contribution in [0.25, 0.3) is 6.08 Å². The van der Waals surface area contributed by atoms with Crippen molar-refractivity contribution in [2.75, 3.05) is 7.11 Å². The zero-order chi connectivity index (χ0) is 8.10. The summed E-state index contributed by atoms with van der Waals surface area (Å²) in [6.45, 7) is 0. The molecule has 0 heterocycles. The van der Waals surface area contributed by atoms with Crippen LogP contribution < -0.4 is 4.74 Å². The quantitative estimate of drug-likeness (QED) is 0.633. The molecular formula is C9H9FO. The van der Waals surface area contributed by atoms with Crippen molar-refractivity contribution in [3.8, 4) is 5.75 Å². The molecule has 0 atom stereocenters. The van der Waals surface area contributed by atoms with E-state index in [4.69, 9.17) is 4.74 Å². The summed E-state index contributed by atoms with van der Waals surface area (Å²) in [6, 6.07) is 7.15. The minimum absolute atomic E-state index is 0.516. The van der Waals surface area contributed by atoms with Crippen molar-refractivity contribution in [3.63, 3.8) is 0 Å². The van der Waals surface area contributed by atoms with Crippen LogP contribution in [0.2, 0.25) is 0 Å². The Balaban J connectivity index is 2.82. The lowest BCUT2D eigenvalue weighted by Gasteiger charge is -1.97. The standard InChI is InChI=1S/C9H9FO/c1-11-9-4-2-8(3-5-9)6-7-10/h2-7H,1H3/b7-6-. The van der Waals surface area contributed by atoms with Crippen LogP contribution in [0.15, 0.2) is 30.6 Å². The summed E-state index contributed by atoms with van der Waals surface area (Å²) in [7, 11) is 1.60. The van der Waals surface area contributed by atoms with Gasteiger partial charge in [0.2, 0.25) is 0 Å². The molecule has 0 aliphatic heterocycles. The molecule has 1 nitrogen and oxygen atoms in total. The fourth-order valence-electron chi connectivity index (χ4n) is 0.788. The maximum absolute atomic E-state index is 11.6. The number of rotatable bonds is 2. The van der Waals surface area contributed by atoms with Gasteiger partial charge in [0, 0.05) is 0 Å². The first-order valence-electron chi connectivity index (χ1n) is 3.27. The van der Waals surface area contributed by atoms with Gasteiger partial charge in [-0.05, 0) is 23.8 Å². The van der Waals surface area contributed by atoms with Crippen molar-refractivity contribution in [2.24, 2.45) is 0 Å². The highest BCUT2D eigenvalue weighted by Crippen LogP contribution is 2.11. The van der Waals surface area contributed by atoms with E-state index in [0.717, 1.165) is 11.3 Å². The molecule has 0 aromatic heterocycles. The van der Waals surface area contributed by atoms with E-state index in [0.29, 0.717) is 6.33 Å². The van der Waals surface area contributed by atoms with Crippen LogP contribution >= 0.6 is 0 Å². The number of ether oxygens (including phenoxy) is 1. The summed E-state index contributed by atoms with van der Waals surface area (Å²) < 4.78 is 16.6. The van der Waals surface area contributed by atoms with Gasteiger partial charge in [-0.25, -0.2) is 4.39 Å². The predicted octanol–water partition coefficient (Wildman–Crippen LogP) is 2.64. The Bertz CT molecular complexity index is 238. The van der Waals surface area contributed by atoms with Gasteiger partial charge >= 0.3 is 0 Å². The number of methoxy groups -OCH3 is 1. The first-order valence-corrected chi connectivity index (χ1v) is 3.27. The third-order valence-corrected chi connectivity index (χ3v) is 1.37. The van der Waals surface area contributed by atoms with E-state index < -0.39 is 0 Å². The zero-order valence-electron chi connectivity index (χ0n) is 6.25. The lowest BCUT2D eigenvalue weighted by molar-refractivity contribution is 0.415. The van der Waals surface area contributed by atoms with Crippen molar-refractivity contribution < 1.29 is 9.13 Å². The topological polar surface area (TPSA) is 9.23 Å². The molecule has 0 fully saturated rings. The van der Waals surface area contributed by atoms with Crippen LogP contribution in [0.5, 0.6) is 5.75 Å². The monoisotopic (exact) mass is 152 g/mol. The van der Waals surface area contributed by atoms with E-state index in [2.05, 4.69) is 0 Å². The maximum Gasteiger partial charge on any atom is 0.118 e. The lowest BCUT2D eigenvalue weighted by Crippen LogP contribution is -1.80. The average molecular weight is 152 g/mol. The van der Waals surface area contributed by atoms with Crippen molar-refractivity contribution in [2.45, 2.75) is 0 Å². The average Bonchev–Trinajstić information content (AvgIpc) is 2.07. The summed E-state index contributed by atoms with van der Waals surface area (Å²) in [4.78, 5) is 0. The van der Waals surface area contributed by atoms with Gasteiger partial charge in [-0.15, -0.1) is 0 Å². The molecule has 0 saturated carbocycles. The highest BCUT2D eigenvalue weighted by molar-refractivity contribution is 5.49. The largest absolute Gasteiger partial charge is 0.497 e. The minimum atomic E-state index is 0.516. The van der Waals surface area contributed by atoms with E-state index >= 15 is 0 Å². The fraction of sp³-hybridized carbons (Fsp3) is 0.111. The van der Waals surface area contributed by atoms with Gasteiger partial charge in [0.25, 0.3) is 0 Å². The predicted molar refractivity (Wildman–Crippen MR) is 43.1 cm³/mol. The molecular weight excluding hydrogens is 143 g/mol. The van der Waals surface area contributed by atoms with Crippen LogP contribution in [0.4, 0.5) is 4.39 Å². The van der Waals surface area contributed by atoms with Gasteiger partial charge in [-0.1, -0.05) is 12.1 Å².